The maximum atomic E-state index is 13.2. The lowest BCUT2D eigenvalue weighted by Crippen LogP contribution is -2.25. The number of halogens is 1. The first-order chi connectivity index (χ1) is 7.27. The van der Waals surface area contributed by atoms with Gasteiger partial charge in [0, 0.05) is 6.54 Å². The van der Waals surface area contributed by atoms with Crippen molar-refractivity contribution in [2.75, 3.05) is 18.4 Å². The normalized spacial score (nSPS) is 20.2. The Balaban J connectivity index is 2.02. The van der Waals surface area contributed by atoms with Crippen LogP contribution in [0.5, 0.6) is 0 Å². The van der Waals surface area contributed by atoms with Crippen LogP contribution in [-0.2, 0) is 4.79 Å². The summed E-state index contributed by atoms with van der Waals surface area (Å²) in [5.41, 5.74) is 0.259. The first-order valence-electron chi connectivity index (χ1n) is 5.03. The zero-order chi connectivity index (χ0) is 10.7. The molecule has 1 aliphatic rings. The van der Waals surface area contributed by atoms with Gasteiger partial charge >= 0.3 is 0 Å². The number of nitrogens with one attached hydrogen (secondary N) is 2. The number of benzene rings is 1. The van der Waals surface area contributed by atoms with Gasteiger partial charge in [0.15, 0.2) is 0 Å². The molecule has 1 aliphatic heterocycles. The fourth-order valence-electron chi connectivity index (χ4n) is 1.68. The Bertz CT molecular complexity index is 361. The van der Waals surface area contributed by atoms with Gasteiger partial charge in [0.2, 0.25) is 5.91 Å². The number of amides is 1. The lowest BCUT2D eigenvalue weighted by molar-refractivity contribution is -0.119. The van der Waals surface area contributed by atoms with E-state index in [2.05, 4.69) is 10.6 Å². The van der Waals surface area contributed by atoms with E-state index in [1.165, 1.54) is 6.07 Å². The molecule has 0 aromatic heterocycles. The summed E-state index contributed by atoms with van der Waals surface area (Å²) in [7, 11) is 0. The van der Waals surface area contributed by atoms with Gasteiger partial charge in [0.1, 0.15) is 5.82 Å². The fraction of sp³-hybridized carbons (Fsp3) is 0.364. The van der Waals surface area contributed by atoms with E-state index in [-0.39, 0.29) is 17.5 Å². The summed E-state index contributed by atoms with van der Waals surface area (Å²) < 4.78 is 13.2. The van der Waals surface area contributed by atoms with Crippen molar-refractivity contribution in [1.29, 1.82) is 0 Å². The summed E-state index contributed by atoms with van der Waals surface area (Å²) in [5.74, 6) is -0.536. The van der Waals surface area contributed by atoms with E-state index in [9.17, 15) is 9.18 Å². The molecule has 1 aromatic carbocycles. The van der Waals surface area contributed by atoms with E-state index in [0.717, 1.165) is 13.0 Å². The number of hydrogen-bond acceptors (Lipinski definition) is 2. The van der Waals surface area contributed by atoms with Crippen LogP contribution >= 0.6 is 0 Å². The van der Waals surface area contributed by atoms with E-state index in [1.54, 1.807) is 18.2 Å². The molecule has 80 valence electrons. The topological polar surface area (TPSA) is 41.1 Å². The van der Waals surface area contributed by atoms with Gasteiger partial charge in [-0.2, -0.15) is 0 Å². The Hall–Kier alpha value is -1.42. The molecule has 1 heterocycles. The van der Waals surface area contributed by atoms with Crippen molar-refractivity contribution in [2.45, 2.75) is 6.42 Å². The van der Waals surface area contributed by atoms with E-state index in [0.29, 0.717) is 6.54 Å². The SMILES string of the molecule is O=C(Nc1ccccc1F)[C@H]1CCNC1. The second-order valence-electron chi connectivity index (χ2n) is 3.66. The molecule has 2 N–H and O–H groups in total. The zero-order valence-corrected chi connectivity index (χ0v) is 8.29. The average molecular weight is 208 g/mol. The van der Waals surface area contributed by atoms with Crippen molar-refractivity contribution < 1.29 is 9.18 Å². The van der Waals surface area contributed by atoms with Crippen molar-refractivity contribution >= 4 is 11.6 Å². The number of rotatable bonds is 2. The van der Waals surface area contributed by atoms with Gasteiger partial charge in [-0.05, 0) is 25.1 Å². The summed E-state index contributed by atoms with van der Waals surface area (Å²) in [6, 6.07) is 6.20. The first kappa shape index (κ1) is 10.1. The van der Waals surface area contributed by atoms with Gasteiger partial charge in [-0.1, -0.05) is 12.1 Å². The lowest BCUT2D eigenvalue weighted by Gasteiger charge is -2.10. The molecule has 4 heteroatoms. The van der Waals surface area contributed by atoms with Gasteiger partial charge < -0.3 is 10.6 Å². The van der Waals surface area contributed by atoms with E-state index < -0.39 is 5.82 Å². The quantitative estimate of drug-likeness (QED) is 0.770. The minimum atomic E-state index is -0.392. The number of anilines is 1. The van der Waals surface area contributed by atoms with Gasteiger partial charge in [0.05, 0.1) is 11.6 Å². The van der Waals surface area contributed by atoms with Crippen LogP contribution in [0, 0.1) is 11.7 Å². The number of para-hydroxylation sites is 1. The Morgan fingerprint density at radius 3 is 2.93 bits per heavy atom. The van der Waals surface area contributed by atoms with Crippen LogP contribution in [-0.4, -0.2) is 19.0 Å². The van der Waals surface area contributed by atoms with E-state index >= 15 is 0 Å². The molecule has 0 aliphatic carbocycles. The molecule has 2 rings (SSSR count). The van der Waals surface area contributed by atoms with Crippen LogP contribution in [0.15, 0.2) is 24.3 Å². The highest BCUT2D eigenvalue weighted by molar-refractivity contribution is 5.92. The standard InChI is InChI=1S/C11H13FN2O/c12-9-3-1-2-4-10(9)14-11(15)8-5-6-13-7-8/h1-4,8,13H,5-7H2,(H,14,15)/t8-/m0/s1. The van der Waals surface area contributed by atoms with E-state index in [1.807, 2.05) is 0 Å². The molecule has 0 radical (unpaired) electrons. The molecule has 1 amide bonds. The van der Waals surface area contributed by atoms with Crippen molar-refractivity contribution in [3.63, 3.8) is 0 Å². The van der Waals surface area contributed by atoms with Crippen LogP contribution in [0.1, 0.15) is 6.42 Å². The maximum absolute atomic E-state index is 13.2. The van der Waals surface area contributed by atoms with Crippen LogP contribution < -0.4 is 10.6 Å². The molecule has 15 heavy (non-hydrogen) atoms. The fourth-order valence-corrected chi connectivity index (χ4v) is 1.68. The van der Waals surface area contributed by atoms with Crippen LogP contribution in [0.25, 0.3) is 0 Å². The second-order valence-corrected chi connectivity index (χ2v) is 3.66. The monoisotopic (exact) mass is 208 g/mol. The maximum Gasteiger partial charge on any atom is 0.228 e. The highest BCUT2D eigenvalue weighted by Crippen LogP contribution is 2.15. The molecule has 1 fully saturated rings. The minimum Gasteiger partial charge on any atom is -0.323 e. The van der Waals surface area contributed by atoms with Gasteiger partial charge in [0.25, 0.3) is 0 Å². The molecule has 3 nitrogen and oxygen atoms in total. The predicted molar refractivity (Wildman–Crippen MR) is 56.0 cm³/mol. The molecule has 0 saturated carbocycles. The lowest BCUT2D eigenvalue weighted by atomic mass is 10.1. The molecule has 0 bridgehead atoms. The first-order valence-corrected chi connectivity index (χ1v) is 5.03. The third kappa shape index (κ3) is 2.33. The Morgan fingerprint density at radius 2 is 2.27 bits per heavy atom. The Kier molecular flexibility index (Phi) is 2.97. The highest BCUT2D eigenvalue weighted by atomic mass is 19.1. The summed E-state index contributed by atoms with van der Waals surface area (Å²) in [6.07, 6.45) is 0.820. The van der Waals surface area contributed by atoms with Crippen LogP contribution in [0.3, 0.4) is 0 Å². The number of hydrogen-bond donors (Lipinski definition) is 2. The van der Waals surface area contributed by atoms with Gasteiger partial charge in [-0.15, -0.1) is 0 Å². The van der Waals surface area contributed by atoms with Gasteiger partial charge in [-0.25, -0.2) is 4.39 Å². The summed E-state index contributed by atoms with van der Waals surface area (Å²) in [6.45, 7) is 1.54. The van der Waals surface area contributed by atoms with Crippen LogP contribution in [0.4, 0.5) is 10.1 Å². The Labute approximate surface area is 87.7 Å². The van der Waals surface area contributed by atoms with E-state index in [4.69, 9.17) is 0 Å². The number of carbonyl (C=O) groups is 1. The molecular formula is C11H13FN2O. The van der Waals surface area contributed by atoms with Crippen molar-refractivity contribution in [2.24, 2.45) is 5.92 Å². The predicted octanol–water partition coefficient (Wildman–Crippen LogP) is 1.37. The van der Waals surface area contributed by atoms with Crippen molar-refractivity contribution in [3.05, 3.63) is 30.1 Å². The third-order valence-electron chi connectivity index (χ3n) is 2.56. The molecule has 0 spiro atoms. The molecule has 1 saturated heterocycles. The summed E-state index contributed by atoms with van der Waals surface area (Å²) in [4.78, 5) is 11.6. The smallest absolute Gasteiger partial charge is 0.228 e. The average Bonchev–Trinajstić information content (AvgIpc) is 2.74. The van der Waals surface area contributed by atoms with Gasteiger partial charge in [-0.3, -0.25) is 4.79 Å². The Morgan fingerprint density at radius 1 is 1.47 bits per heavy atom. The molecule has 1 aromatic rings. The third-order valence-corrected chi connectivity index (χ3v) is 2.56. The minimum absolute atomic E-state index is 0.0374. The number of carbonyl (C=O) groups excluding carboxylic acids is 1. The highest BCUT2D eigenvalue weighted by Gasteiger charge is 2.22. The summed E-state index contributed by atoms with van der Waals surface area (Å²) >= 11 is 0. The van der Waals surface area contributed by atoms with Crippen molar-refractivity contribution in [3.8, 4) is 0 Å². The largest absolute Gasteiger partial charge is 0.323 e. The van der Waals surface area contributed by atoms with Crippen molar-refractivity contribution in [1.82, 2.24) is 5.32 Å². The molecule has 0 unspecified atom stereocenters. The van der Waals surface area contributed by atoms with Crippen LogP contribution in [0.2, 0.25) is 0 Å². The summed E-state index contributed by atoms with van der Waals surface area (Å²) in [5, 5.41) is 5.70. The molecule has 1 atom stereocenters. The second kappa shape index (κ2) is 4.40. The molecular weight excluding hydrogens is 195 g/mol. The zero-order valence-electron chi connectivity index (χ0n) is 8.29.